The lowest BCUT2D eigenvalue weighted by molar-refractivity contribution is -0.399. The minimum absolute atomic E-state index is 0.0578. The fourth-order valence-electron chi connectivity index (χ4n) is 4.12. The maximum Gasteiger partial charge on any atom is 0.285 e. The normalized spacial score (nSPS) is 13.2. The van der Waals surface area contributed by atoms with Crippen LogP contribution in [0.4, 0.5) is 17.6 Å². The Bertz CT molecular complexity index is 663. The number of halogens is 4. The highest BCUT2D eigenvalue weighted by Gasteiger charge is 2.41. The van der Waals surface area contributed by atoms with Gasteiger partial charge in [0.2, 0.25) is 0 Å². The number of ether oxygens (including phenoxy) is 3. The summed E-state index contributed by atoms with van der Waals surface area (Å²) in [6, 6.07) is 0.734. The van der Waals surface area contributed by atoms with Gasteiger partial charge in [0.1, 0.15) is 0 Å². The zero-order chi connectivity index (χ0) is 24.1. The van der Waals surface area contributed by atoms with Crippen LogP contribution in [0.5, 0.6) is 0 Å². The van der Waals surface area contributed by atoms with Gasteiger partial charge in [-0.1, -0.05) is 51.9 Å². The van der Waals surface area contributed by atoms with Crippen LogP contribution in [0.15, 0.2) is 6.07 Å². The van der Waals surface area contributed by atoms with Crippen molar-refractivity contribution in [2.75, 3.05) is 14.2 Å². The van der Waals surface area contributed by atoms with Crippen molar-refractivity contribution in [2.24, 2.45) is 5.92 Å². The predicted octanol–water partition coefficient (Wildman–Crippen LogP) is 7.69. The Labute approximate surface area is 190 Å². The molecule has 0 spiro atoms. The molecular formula is C25H40F4O3. The van der Waals surface area contributed by atoms with E-state index in [1.165, 1.54) is 25.7 Å². The molecule has 0 bridgehead atoms. The molecule has 1 aromatic carbocycles. The molecule has 186 valence electrons. The van der Waals surface area contributed by atoms with E-state index in [0.29, 0.717) is 19.3 Å². The van der Waals surface area contributed by atoms with E-state index >= 15 is 0 Å². The van der Waals surface area contributed by atoms with E-state index in [1.807, 2.05) is 13.8 Å². The molecular weight excluding hydrogens is 424 g/mol. The van der Waals surface area contributed by atoms with E-state index < -0.39 is 29.2 Å². The summed E-state index contributed by atoms with van der Waals surface area (Å²) in [4.78, 5) is 0. The molecule has 1 atom stereocenters. The number of hydrogen-bond donors (Lipinski definition) is 0. The maximum atomic E-state index is 13.9. The van der Waals surface area contributed by atoms with Crippen molar-refractivity contribution in [2.45, 2.75) is 103 Å². The average molecular weight is 465 g/mol. The summed E-state index contributed by atoms with van der Waals surface area (Å²) in [6.45, 7) is 6.01. The molecule has 1 unspecified atom stereocenters. The number of unbranched alkanes of at least 4 members (excludes halogenated alkanes) is 6. The molecule has 0 radical (unpaired) electrons. The van der Waals surface area contributed by atoms with Gasteiger partial charge in [-0.05, 0) is 51.2 Å². The first kappa shape index (κ1) is 28.9. The monoisotopic (exact) mass is 464 g/mol. The fourth-order valence-corrected chi connectivity index (χ4v) is 4.12. The van der Waals surface area contributed by atoms with Crippen molar-refractivity contribution < 1.29 is 31.8 Å². The predicted molar refractivity (Wildman–Crippen MR) is 118 cm³/mol. The summed E-state index contributed by atoms with van der Waals surface area (Å²) in [5, 5.41) is 0. The molecule has 1 aromatic rings. The van der Waals surface area contributed by atoms with Crippen LogP contribution in [-0.2, 0) is 20.6 Å². The summed E-state index contributed by atoms with van der Waals surface area (Å²) >= 11 is 0. The summed E-state index contributed by atoms with van der Waals surface area (Å²) in [7, 11) is 3.11. The molecule has 0 fully saturated rings. The van der Waals surface area contributed by atoms with Gasteiger partial charge in [0.15, 0.2) is 23.3 Å². The molecule has 0 amide bonds. The van der Waals surface area contributed by atoms with Crippen LogP contribution in [0.1, 0.15) is 90.5 Å². The van der Waals surface area contributed by atoms with Gasteiger partial charge in [-0.3, -0.25) is 0 Å². The number of rotatable bonds is 17. The van der Waals surface area contributed by atoms with E-state index in [0.717, 1.165) is 25.3 Å². The Hall–Kier alpha value is -1.18. The SMILES string of the molecule is CCCCCCCCC(CCCCc1cc(F)c(F)c(F)c1F)C(OC)(OC)OC(C)C. The lowest BCUT2D eigenvalue weighted by Gasteiger charge is -2.39. The second kappa shape index (κ2) is 14.9. The third-order valence-corrected chi connectivity index (χ3v) is 5.80. The largest absolute Gasteiger partial charge is 0.331 e. The molecule has 0 aliphatic rings. The summed E-state index contributed by atoms with van der Waals surface area (Å²) in [6.07, 6.45) is 9.61. The molecule has 0 heterocycles. The van der Waals surface area contributed by atoms with E-state index in [4.69, 9.17) is 14.2 Å². The van der Waals surface area contributed by atoms with Crippen molar-refractivity contribution in [3.8, 4) is 0 Å². The van der Waals surface area contributed by atoms with Gasteiger partial charge in [0.05, 0.1) is 6.10 Å². The second-order valence-electron chi connectivity index (χ2n) is 8.64. The lowest BCUT2D eigenvalue weighted by atomic mass is 9.91. The van der Waals surface area contributed by atoms with Gasteiger partial charge >= 0.3 is 0 Å². The third-order valence-electron chi connectivity index (χ3n) is 5.80. The Morgan fingerprint density at radius 2 is 1.34 bits per heavy atom. The van der Waals surface area contributed by atoms with Crippen LogP contribution >= 0.6 is 0 Å². The first-order chi connectivity index (χ1) is 15.2. The summed E-state index contributed by atoms with van der Waals surface area (Å²) in [5.41, 5.74) is -0.156. The summed E-state index contributed by atoms with van der Waals surface area (Å²) in [5.74, 6) is -7.47. The third kappa shape index (κ3) is 8.64. The zero-order valence-electron chi connectivity index (χ0n) is 20.2. The molecule has 3 nitrogen and oxygen atoms in total. The van der Waals surface area contributed by atoms with Crippen molar-refractivity contribution in [1.82, 2.24) is 0 Å². The van der Waals surface area contributed by atoms with Crippen LogP contribution in [0.25, 0.3) is 0 Å². The van der Waals surface area contributed by atoms with Crippen LogP contribution in [0.2, 0.25) is 0 Å². The zero-order valence-corrected chi connectivity index (χ0v) is 20.2. The Balaban J connectivity index is 2.76. The standard InChI is InChI=1S/C25H40F4O3/c1-6-7-8-9-10-11-15-20(25(30-4,31-5)32-18(2)3)16-13-12-14-19-17-21(26)23(28)24(29)22(19)27/h17-18,20H,6-16H2,1-5H3. The molecule has 0 saturated heterocycles. The topological polar surface area (TPSA) is 27.7 Å². The molecule has 1 rings (SSSR count). The molecule has 32 heavy (non-hydrogen) atoms. The van der Waals surface area contributed by atoms with Gasteiger partial charge in [-0.2, -0.15) is 0 Å². The average Bonchev–Trinajstić information content (AvgIpc) is 2.77. The minimum Gasteiger partial charge on any atom is -0.331 e. The molecule has 0 aliphatic carbocycles. The van der Waals surface area contributed by atoms with E-state index in [-0.39, 0.29) is 24.0 Å². The second-order valence-corrected chi connectivity index (χ2v) is 8.64. The van der Waals surface area contributed by atoms with Crippen molar-refractivity contribution in [3.05, 3.63) is 34.9 Å². The molecule has 0 N–H and O–H groups in total. The van der Waals surface area contributed by atoms with Crippen molar-refractivity contribution in [1.29, 1.82) is 0 Å². The van der Waals surface area contributed by atoms with Gasteiger partial charge in [0.25, 0.3) is 5.97 Å². The van der Waals surface area contributed by atoms with Gasteiger partial charge in [-0.25, -0.2) is 17.6 Å². The Morgan fingerprint density at radius 3 is 1.91 bits per heavy atom. The first-order valence-corrected chi connectivity index (χ1v) is 11.8. The van der Waals surface area contributed by atoms with E-state index in [2.05, 4.69) is 6.92 Å². The fraction of sp³-hybridized carbons (Fsp3) is 0.760. The molecule has 7 heteroatoms. The first-order valence-electron chi connectivity index (χ1n) is 11.8. The highest BCUT2D eigenvalue weighted by molar-refractivity contribution is 5.21. The minimum atomic E-state index is -1.78. The summed E-state index contributed by atoms with van der Waals surface area (Å²) < 4.78 is 71.4. The highest BCUT2D eigenvalue weighted by Crippen LogP contribution is 2.34. The quantitative estimate of drug-likeness (QED) is 0.0777. The number of benzene rings is 1. The van der Waals surface area contributed by atoms with Crippen LogP contribution < -0.4 is 0 Å². The number of methoxy groups -OCH3 is 2. The Kier molecular flexibility index (Phi) is 13.4. The van der Waals surface area contributed by atoms with Gasteiger partial charge < -0.3 is 14.2 Å². The number of hydrogen-bond acceptors (Lipinski definition) is 3. The molecule has 0 saturated carbocycles. The van der Waals surface area contributed by atoms with Gasteiger partial charge in [-0.15, -0.1) is 0 Å². The van der Waals surface area contributed by atoms with E-state index in [9.17, 15) is 17.6 Å². The van der Waals surface area contributed by atoms with Crippen LogP contribution in [-0.4, -0.2) is 26.3 Å². The van der Waals surface area contributed by atoms with Crippen molar-refractivity contribution >= 4 is 0 Å². The molecule has 0 aromatic heterocycles. The van der Waals surface area contributed by atoms with E-state index in [1.54, 1.807) is 14.2 Å². The Morgan fingerprint density at radius 1 is 0.781 bits per heavy atom. The maximum absolute atomic E-state index is 13.9. The number of aryl methyl sites for hydroxylation is 1. The highest BCUT2D eigenvalue weighted by atomic mass is 19.2. The smallest absolute Gasteiger partial charge is 0.285 e. The van der Waals surface area contributed by atoms with Gasteiger partial charge in [0, 0.05) is 20.1 Å². The molecule has 0 aliphatic heterocycles. The lowest BCUT2D eigenvalue weighted by Crippen LogP contribution is -2.46. The van der Waals surface area contributed by atoms with Crippen LogP contribution in [0, 0.1) is 29.2 Å². The van der Waals surface area contributed by atoms with Crippen molar-refractivity contribution in [3.63, 3.8) is 0 Å². The van der Waals surface area contributed by atoms with Crippen LogP contribution in [0.3, 0.4) is 0 Å².